The Balaban J connectivity index is 1.96. The highest BCUT2D eigenvalue weighted by molar-refractivity contribution is 6.30. The van der Waals surface area contributed by atoms with Crippen LogP contribution < -0.4 is 5.32 Å². The Bertz CT molecular complexity index is 490. The van der Waals surface area contributed by atoms with Gasteiger partial charge in [0.05, 0.1) is 19.7 Å². The second-order valence-electron chi connectivity index (χ2n) is 4.66. The summed E-state index contributed by atoms with van der Waals surface area (Å²) in [5, 5.41) is 3.19. The van der Waals surface area contributed by atoms with Crippen molar-refractivity contribution in [3.05, 3.63) is 34.9 Å². The van der Waals surface area contributed by atoms with Gasteiger partial charge in [-0.2, -0.15) is 0 Å². The molecule has 1 aliphatic rings. The Hall–Kier alpha value is -1.59. The summed E-state index contributed by atoms with van der Waals surface area (Å²) >= 11 is 5.86. The third-order valence-electron chi connectivity index (χ3n) is 3.15. The van der Waals surface area contributed by atoms with Crippen LogP contribution in [0.5, 0.6) is 0 Å². The molecule has 0 radical (unpaired) electrons. The first-order chi connectivity index (χ1) is 9.56. The van der Waals surface area contributed by atoms with E-state index in [4.69, 9.17) is 16.3 Å². The smallest absolute Gasteiger partial charge is 0.242 e. The molecule has 5 nitrogen and oxygen atoms in total. The summed E-state index contributed by atoms with van der Waals surface area (Å²) in [6, 6.07) is 7.40. The SMILES string of the molecule is CC(=O)NCC(=O)N1CCOC(c2ccc(Cl)cc2)C1. The van der Waals surface area contributed by atoms with Crippen LogP contribution in [-0.2, 0) is 14.3 Å². The molecule has 2 amide bonds. The number of hydrogen-bond donors (Lipinski definition) is 1. The van der Waals surface area contributed by atoms with Gasteiger partial charge in [-0.1, -0.05) is 23.7 Å². The predicted octanol–water partition coefficient (Wildman–Crippen LogP) is 1.38. The number of halogens is 1. The van der Waals surface area contributed by atoms with Gasteiger partial charge in [0.25, 0.3) is 0 Å². The molecule has 0 spiro atoms. The number of benzene rings is 1. The minimum atomic E-state index is -0.208. The van der Waals surface area contributed by atoms with Gasteiger partial charge in [0.15, 0.2) is 0 Å². The first kappa shape index (κ1) is 14.8. The van der Waals surface area contributed by atoms with Gasteiger partial charge in [-0.3, -0.25) is 9.59 Å². The fourth-order valence-electron chi connectivity index (χ4n) is 2.07. The standard InChI is InChI=1S/C14H17ClN2O3/c1-10(18)16-8-14(19)17-6-7-20-13(9-17)11-2-4-12(15)5-3-11/h2-5,13H,6-9H2,1H3,(H,16,18). The number of nitrogens with one attached hydrogen (secondary N) is 1. The van der Waals surface area contributed by atoms with Gasteiger partial charge in [-0.05, 0) is 17.7 Å². The molecule has 2 rings (SSSR count). The molecule has 1 atom stereocenters. The molecule has 1 aromatic carbocycles. The number of morpholine rings is 1. The molecule has 0 bridgehead atoms. The third-order valence-corrected chi connectivity index (χ3v) is 3.40. The molecule has 0 aromatic heterocycles. The topological polar surface area (TPSA) is 58.6 Å². The van der Waals surface area contributed by atoms with Crippen LogP contribution in [-0.4, -0.2) is 43.0 Å². The highest BCUT2D eigenvalue weighted by Crippen LogP contribution is 2.23. The van der Waals surface area contributed by atoms with Gasteiger partial charge in [0.2, 0.25) is 11.8 Å². The number of carbonyl (C=O) groups is 2. The van der Waals surface area contributed by atoms with Crippen molar-refractivity contribution in [2.24, 2.45) is 0 Å². The monoisotopic (exact) mass is 296 g/mol. The molecular weight excluding hydrogens is 280 g/mol. The molecule has 1 N–H and O–H groups in total. The molecular formula is C14H17ClN2O3. The lowest BCUT2D eigenvalue weighted by Crippen LogP contribution is -2.46. The van der Waals surface area contributed by atoms with Crippen molar-refractivity contribution >= 4 is 23.4 Å². The van der Waals surface area contributed by atoms with E-state index < -0.39 is 0 Å². The molecule has 1 heterocycles. The van der Waals surface area contributed by atoms with Crippen molar-refractivity contribution in [3.8, 4) is 0 Å². The number of ether oxygens (including phenoxy) is 1. The minimum Gasteiger partial charge on any atom is -0.370 e. The van der Waals surface area contributed by atoms with Crippen molar-refractivity contribution in [3.63, 3.8) is 0 Å². The van der Waals surface area contributed by atoms with Crippen molar-refractivity contribution in [2.75, 3.05) is 26.2 Å². The lowest BCUT2D eigenvalue weighted by Gasteiger charge is -2.33. The number of hydrogen-bond acceptors (Lipinski definition) is 3. The van der Waals surface area contributed by atoms with Gasteiger partial charge >= 0.3 is 0 Å². The first-order valence-electron chi connectivity index (χ1n) is 6.45. The minimum absolute atomic E-state index is 0.0304. The van der Waals surface area contributed by atoms with E-state index in [0.717, 1.165) is 5.56 Å². The quantitative estimate of drug-likeness (QED) is 0.917. The number of nitrogens with zero attached hydrogens (tertiary/aromatic N) is 1. The van der Waals surface area contributed by atoms with Crippen molar-refractivity contribution in [1.82, 2.24) is 10.2 Å². The summed E-state index contributed by atoms with van der Waals surface area (Å²) in [5.74, 6) is -0.302. The van der Waals surface area contributed by atoms with E-state index >= 15 is 0 Å². The third kappa shape index (κ3) is 3.95. The first-order valence-corrected chi connectivity index (χ1v) is 6.83. The predicted molar refractivity (Wildman–Crippen MR) is 75.4 cm³/mol. The summed E-state index contributed by atoms with van der Waals surface area (Å²) in [5.41, 5.74) is 0.992. The van der Waals surface area contributed by atoms with Crippen molar-refractivity contribution in [2.45, 2.75) is 13.0 Å². The summed E-state index contributed by atoms with van der Waals surface area (Å²) in [4.78, 5) is 24.5. The van der Waals surface area contributed by atoms with Gasteiger partial charge in [0.1, 0.15) is 6.10 Å². The molecule has 1 saturated heterocycles. The zero-order valence-electron chi connectivity index (χ0n) is 11.3. The van der Waals surface area contributed by atoms with E-state index in [1.807, 2.05) is 12.1 Å². The summed E-state index contributed by atoms with van der Waals surface area (Å²) in [6.45, 7) is 2.94. The second kappa shape index (κ2) is 6.72. The summed E-state index contributed by atoms with van der Waals surface area (Å²) < 4.78 is 5.69. The van der Waals surface area contributed by atoms with E-state index in [-0.39, 0.29) is 24.5 Å². The molecule has 20 heavy (non-hydrogen) atoms. The zero-order valence-corrected chi connectivity index (χ0v) is 12.0. The highest BCUT2D eigenvalue weighted by atomic mass is 35.5. The lowest BCUT2D eigenvalue weighted by atomic mass is 10.1. The van der Waals surface area contributed by atoms with Crippen LogP contribution in [0.4, 0.5) is 0 Å². The highest BCUT2D eigenvalue weighted by Gasteiger charge is 2.25. The largest absolute Gasteiger partial charge is 0.370 e. The van der Waals surface area contributed by atoms with Gasteiger partial charge in [0, 0.05) is 18.5 Å². The number of rotatable bonds is 3. The molecule has 0 aliphatic carbocycles. The van der Waals surface area contributed by atoms with Gasteiger partial charge in [-0.15, -0.1) is 0 Å². The maximum Gasteiger partial charge on any atom is 0.242 e. The molecule has 1 aliphatic heterocycles. The van der Waals surface area contributed by atoms with E-state index in [0.29, 0.717) is 24.7 Å². The molecule has 1 aromatic rings. The average Bonchev–Trinajstić information content (AvgIpc) is 2.45. The fourth-order valence-corrected chi connectivity index (χ4v) is 2.19. The molecule has 108 valence electrons. The van der Waals surface area contributed by atoms with Crippen LogP contribution in [0, 0.1) is 0 Å². The lowest BCUT2D eigenvalue weighted by molar-refractivity contribution is -0.139. The second-order valence-corrected chi connectivity index (χ2v) is 5.10. The van der Waals surface area contributed by atoms with E-state index in [9.17, 15) is 9.59 Å². The van der Waals surface area contributed by atoms with Gasteiger partial charge < -0.3 is 15.0 Å². The maximum atomic E-state index is 12.0. The Kier molecular flexibility index (Phi) is 4.98. The van der Waals surface area contributed by atoms with E-state index in [1.54, 1.807) is 17.0 Å². The fraction of sp³-hybridized carbons (Fsp3) is 0.429. The Morgan fingerprint density at radius 3 is 2.75 bits per heavy atom. The van der Waals surface area contributed by atoms with E-state index in [1.165, 1.54) is 6.92 Å². The van der Waals surface area contributed by atoms with Crippen LogP contribution in [0.15, 0.2) is 24.3 Å². The summed E-state index contributed by atoms with van der Waals surface area (Å²) in [7, 11) is 0. The molecule has 0 saturated carbocycles. The Morgan fingerprint density at radius 1 is 1.40 bits per heavy atom. The zero-order chi connectivity index (χ0) is 14.5. The number of amides is 2. The van der Waals surface area contributed by atoms with Crippen molar-refractivity contribution < 1.29 is 14.3 Å². The Morgan fingerprint density at radius 2 is 2.10 bits per heavy atom. The van der Waals surface area contributed by atoms with Crippen LogP contribution in [0.2, 0.25) is 5.02 Å². The van der Waals surface area contributed by atoms with Crippen molar-refractivity contribution in [1.29, 1.82) is 0 Å². The normalized spacial score (nSPS) is 18.7. The molecule has 6 heteroatoms. The van der Waals surface area contributed by atoms with Gasteiger partial charge in [-0.25, -0.2) is 0 Å². The van der Waals surface area contributed by atoms with Crippen LogP contribution in [0.1, 0.15) is 18.6 Å². The summed E-state index contributed by atoms with van der Waals surface area (Å²) in [6.07, 6.45) is -0.151. The number of carbonyl (C=O) groups excluding carboxylic acids is 2. The molecule has 1 fully saturated rings. The van der Waals surface area contributed by atoms with Crippen LogP contribution >= 0.6 is 11.6 Å². The van der Waals surface area contributed by atoms with E-state index in [2.05, 4.69) is 5.32 Å². The Labute approximate surface area is 122 Å². The average molecular weight is 297 g/mol. The van der Waals surface area contributed by atoms with Crippen LogP contribution in [0.25, 0.3) is 0 Å². The maximum absolute atomic E-state index is 12.0. The molecule has 1 unspecified atom stereocenters. The van der Waals surface area contributed by atoms with Crippen LogP contribution in [0.3, 0.4) is 0 Å².